The van der Waals surface area contributed by atoms with Crippen LogP contribution < -0.4 is 0 Å². The fourth-order valence-electron chi connectivity index (χ4n) is 4.79. The highest BCUT2D eigenvalue weighted by atomic mass is 16.5. The van der Waals surface area contributed by atoms with Gasteiger partial charge in [-0.3, -0.25) is 0 Å². The molecule has 37 heavy (non-hydrogen) atoms. The molecule has 0 aliphatic heterocycles. The SMILES string of the molecule is C=C(C)C(=O)OCc1c2ccccc2cc2ccccc12.C=Cc1c2ccccc2cc2ccccc12. The number of benzene rings is 6. The van der Waals surface area contributed by atoms with Gasteiger partial charge in [-0.25, -0.2) is 4.79 Å². The van der Waals surface area contributed by atoms with E-state index in [0.717, 1.165) is 27.1 Å². The molecule has 0 atom stereocenters. The van der Waals surface area contributed by atoms with Gasteiger partial charge < -0.3 is 4.74 Å². The normalized spacial score (nSPS) is 10.7. The van der Waals surface area contributed by atoms with Gasteiger partial charge in [-0.2, -0.15) is 0 Å². The summed E-state index contributed by atoms with van der Waals surface area (Å²) in [6.07, 6.45) is 1.95. The number of rotatable bonds is 4. The minimum Gasteiger partial charge on any atom is -0.457 e. The Labute approximate surface area is 217 Å². The van der Waals surface area contributed by atoms with Gasteiger partial charge in [0, 0.05) is 11.1 Å². The van der Waals surface area contributed by atoms with Crippen molar-refractivity contribution in [1.29, 1.82) is 0 Å². The molecule has 0 radical (unpaired) electrons. The van der Waals surface area contributed by atoms with E-state index in [1.807, 2.05) is 30.3 Å². The molecule has 0 saturated carbocycles. The van der Waals surface area contributed by atoms with Crippen LogP contribution in [0.25, 0.3) is 49.2 Å². The lowest BCUT2D eigenvalue weighted by Crippen LogP contribution is -2.05. The third kappa shape index (κ3) is 4.87. The summed E-state index contributed by atoms with van der Waals surface area (Å²) in [6.45, 7) is 9.46. The first-order valence-corrected chi connectivity index (χ1v) is 12.3. The largest absolute Gasteiger partial charge is 0.457 e. The highest BCUT2D eigenvalue weighted by Crippen LogP contribution is 2.30. The van der Waals surface area contributed by atoms with E-state index in [1.54, 1.807) is 6.92 Å². The molecule has 0 bridgehead atoms. The second kappa shape index (κ2) is 10.5. The molecule has 0 saturated heterocycles. The van der Waals surface area contributed by atoms with Crippen LogP contribution in [0.2, 0.25) is 0 Å². The summed E-state index contributed by atoms with van der Waals surface area (Å²) in [5, 5.41) is 9.63. The average molecular weight is 481 g/mol. The summed E-state index contributed by atoms with van der Waals surface area (Å²) in [4.78, 5) is 11.7. The summed E-state index contributed by atoms with van der Waals surface area (Å²) in [7, 11) is 0. The standard InChI is InChI=1S/C19H16O2.C16H12/c1-13(2)19(20)21-12-18-16-9-5-3-7-14(16)11-15-8-4-6-10-17(15)18;1-2-14-15-9-5-3-7-12(15)11-13-8-4-6-10-16(13)14/h3-11H,1,12H2,2H3;2-11H,1H2. The maximum absolute atomic E-state index is 11.7. The summed E-state index contributed by atoms with van der Waals surface area (Å²) in [5.74, 6) is -0.355. The lowest BCUT2D eigenvalue weighted by molar-refractivity contribution is -0.140. The topological polar surface area (TPSA) is 26.3 Å². The van der Waals surface area contributed by atoms with Crippen molar-refractivity contribution < 1.29 is 9.53 Å². The molecule has 0 spiro atoms. The lowest BCUT2D eigenvalue weighted by atomic mass is 9.97. The van der Waals surface area contributed by atoms with Gasteiger partial charge in [0.15, 0.2) is 0 Å². The molecule has 180 valence electrons. The molecule has 0 aliphatic carbocycles. The fourth-order valence-corrected chi connectivity index (χ4v) is 4.79. The van der Waals surface area contributed by atoms with Crippen LogP contribution in [0.15, 0.2) is 128 Å². The number of ether oxygens (including phenoxy) is 1. The molecule has 6 aromatic rings. The van der Waals surface area contributed by atoms with E-state index in [-0.39, 0.29) is 12.6 Å². The van der Waals surface area contributed by atoms with Gasteiger partial charge >= 0.3 is 5.97 Å². The van der Waals surface area contributed by atoms with Crippen molar-refractivity contribution >= 4 is 55.1 Å². The quantitative estimate of drug-likeness (QED) is 0.143. The second-order valence-corrected chi connectivity index (χ2v) is 9.09. The molecule has 0 unspecified atom stereocenters. The Hall–Kier alpha value is -4.69. The maximum Gasteiger partial charge on any atom is 0.333 e. The fraction of sp³-hybridized carbons (Fsp3) is 0.0571. The van der Waals surface area contributed by atoms with Crippen molar-refractivity contribution in [2.45, 2.75) is 13.5 Å². The van der Waals surface area contributed by atoms with Gasteiger partial charge in [0.25, 0.3) is 0 Å². The first kappa shape index (κ1) is 24.0. The molecule has 6 rings (SSSR count). The van der Waals surface area contributed by atoms with E-state index in [4.69, 9.17) is 4.74 Å². The van der Waals surface area contributed by atoms with Crippen LogP contribution in [0, 0.1) is 0 Å². The van der Waals surface area contributed by atoms with Crippen molar-refractivity contribution in [3.63, 3.8) is 0 Å². The molecule has 0 aromatic heterocycles. The number of carbonyl (C=O) groups excluding carboxylic acids is 1. The Kier molecular flexibility index (Phi) is 6.83. The van der Waals surface area contributed by atoms with Crippen molar-refractivity contribution in [1.82, 2.24) is 0 Å². The van der Waals surface area contributed by atoms with Crippen LogP contribution in [0.5, 0.6) is 0 Å². The molecule has 0 fully saturated rings. The third-order valence-electron chi connectivity index (χ3n) is 6.60. The van der Waals surface area contributed by atoms with Crippen molar-refractivity contribution in [2.75, 3.05) is 0 Å². The molecular formula is C35H28O2. The van der Waals surface area contributed by atoms with E-state index in [1.165, 1.54) is 27.1 Å². The first-order valence-electron chi connectivity index (χ1n) is 12.3. The minimum atomic E-state index is -0.355. The first-order chi connectivity index (χ1) is 18.1. The third-order valence-corrected chi connectivity index (χ3v) is 6.60. The monoisotopic (exact) mass is 480 g/mol. The Morgan fingerprint density at radius 2 is 1.05 bits per heavy atom. The van der Waals surface area contributed by atoms with Gasteiger partial charge in [0.2, 0.25) is 0 Å². The van der Waals surface area contributed by atoms with Gasteiger partial charge in [-0.15, -0.1) is 0 Å². The van der Waals surface area contributed by atoms with Crippen LogP contribution in [0.4, 0.5) is 0 Å². The molecule has 6 aromatic carbocycles. The smallest absolute Gasteiger partial charge is 0.333 e. The number of hydrogen-bond acceptors (Lipinski definition) is 2. The molecule has 0 amide bonds. The summed E-state index contributed by atoms with van der Waals surface area (Å²) in [6, 6.07) is 37.6. The van der Waals surface area contributed by atoms with E-state index >= 15 is 0 Å². The average Bonchev–Trinajstić information content (AvgIpc) is 2.94. The number of esters is 1. The highest BCUT2D eigenvalue weighted by Gasteiger charge is 2.10. The zero-order valence-electron chi connectivity index (χ0n) is 20.9. The van der Waals surface area contributed by atoms with Crippen LogP contribution in [0.3, 0.4) is 0 Å². The number of carbonyl (C=O) groups is 1. The summed E-state index contributed by atoms with van der Waals surface area (Å²) >= 11 is 0. The second-order valence-electron chi connectivity index (χ2n) is 9.09. The molecule has 0 heterocycles. The summed E-state index contributed by atoms with van der Waals surface area (Å²) < 4.78 is 5.37. The van der Waals surface area contributed by atoms with Gasteiger partial charge in [-0.1, -0.05) is 116 Å². The minimum absolute atomic E-state index is 0.257. The van der Waals surface area contributed by atoms with Gasteiger partial charge in [-0.05, 0) is 67.7 Å². The summed E-state index contributed by atoms with van der Waals surface area (Å²) in [5.41, 5.74) is 2.69. The predicted octanol–water partition coefficient (Wildman–Crippen LogP) is 9.25. The zero-order valence-corrected chi connectivity index (χ0v) is 20.9. The Morgan fingerprint density at radius 1 is 0.676 bits per heavy atom. The maximum atomic E-state index is 11.7. The van der Waals surface area contributed by atoms with Crippen molar-refractivity contribution in [2.24, 2.45) is 0 Å². The lowest BCUT2D eigenvalue weighted by Gasteiger charge is -2.12. The van der Waals surface area contributed by atoms with Crippen LogP contribution >= 0.6 is 0 Å². The number of hydrogen-bond donors (Lipinski definition) is 0. The van der Waals surface area contributed by atoms with Gasteiger partial charge in [0.05, 0.1) is 0 Å². The van der Waals surface area contributed by atoms with Gasteiger partial charge in [0.1, 0.15) is 6.61 Å². The van der Waals surface area contributed by atoms with Crippen LogP contribution in [-0.4, -0.2) is 5.97 Å². The molecular weight excluding hydrogens is 452 g/mol. The number of fused-ring (bicyclic) bond motifs is 4. The molecule has 0 aliphatic rings. The predicted molar refractivity (Wildman–Crippen MR) is 158 cm³/mol. The Morgan fingerprint density at radius 3 is 1.46 bits per heavy atom. The molecule has 2 heteroatoms. The Balaban J connectivity index is 0.000000157. The van der Waals surface area contributed by atoms with Crippen LogP contribution in [-0.2, 0) is 16.1 Å². The van der Waals surface area contributed by atoms with Crippen molar-refractivity contribution in [3.8, 4) is 0 Å². The van der Waals surface area contributed by atoms with E-state index < -0.39 is 0 Å². The Bertz CT molecular complexity index is 1680. The molecule has 0 N–H and O–H groups in total. The van der Waals surface area contributed by atoms with E-state index in [9.17, 15) is 4.79 Å². The molecule has 2 nitrogen and oxygen atoms in total. The zero-order chi connectivity index (χ0) is 25.8. The van der Waals surface area contributed by atoms with E-state index in [0.29, 0.717) is 5.57 Å². The van der Waals surface area contributed by atoms with Crippen LogP contribution in [0.1, 0.15) is 18.1 Å². The van der Waals surface area contributed by atoms with E-state index in [2.05, 4.69) is 98.1 Å². The van der Waals surface area contributed by atoms with Crippen molar-refractivity contribution in [3.05, 3.63) is 139 Å². The highest BCUT2D eigenvalue weighted by molar-refractivity contribution is 6.06.